The van der Waals surface area contributed by atoms with Crippen LogP contribution in [0.25, 0.3) is 0 Å². The standard InChI is InChI=1S/C5H4N2O2S/c1-2-3(8)6-5(10)7-4(2)9/h1H2,(H2,6,7,8,9,10). The lowest BCUT2D eigenvalue weighted by Gasteiger charge is -2.14. The van der Waals surface area contributed by atoms with Gasteiger partial charge in [-0.25, -0.2) is 0 Å². The fourth-order valence-corrected chi connectivity index (χ4v) is 0.677. The molecule has 52 valence electrons. The van der Waals surface area contributed by atoms with Gasteiger partial charge in [-0.3, -0.25) is 20.2 Å². The van der Waals surface area contributed by atoms with Crippen LogP contribution in [0.2, 0.25) is 0 Å². The SMILES string of the molecule is C=C1C(=O)NC(=S)NC1=O. The quantitative estimate of drug-likeness (QED) is 0.271. The van der Waals surface area contributed by atoms with E-state index in [4.69, 9.17) is 0 Å². The molecule has 5 heteroatoms. The van der Waals surface area contributed by atoms with E-state index in [0.29, 0.717) is 0 Å². The maximum atomic E-state index is 10.7. The molecule has 0 aromatic heterocycles. The van der Waals surface area contributed by atoms with Crippen molar-refractivity contribution < 1.29 is 9.59 Å². The van der Waals surface area contributed by atoms with Crippen LogP contribution in [-0.4, -0.2) is 16.9 Å². The lowest BCUT2D eigenvalue weighted by Crippen LogP contribution is -2.50. The van der Waals surface area contributed by atoms with Crippen LogP contribution in [0, 0.1) is 0 Å². The Bertz CT molecular complexity index is 224. The molecule has 0 unspecified atom stereocenters. The van der Waals surface area contributed by atoms with Crippen molar-refractivity contribution in [2.45, 2.75) is 0 Å². The van der Waals surface area contributed by atoms with E-state index in [1.54, 1.807) is 0 Å². The Kier molecular flexibility index (Phi) is 1.50. The van der Waals surface area contributed by atoms with Crippen molar-refractivity contribution in [2.24, 2.45) is 0 Å². The molecule has 0 aromatic carbocycles. The summed E-state index contributed by atoms with van der Waals surface area (Å²) in [6, 6.07) is 0. The van der Waals surface area contributed by atoms with Crippen molar-refractivity contribution in [3.05, 3.63) is 12.2 Å². The summed E-state index contributed by atoms with van der Waals surface area (Å²) in [5.74, 6) is -1.07. The van der Waals surface area contributed by atoms with Gasteiger partial charge < -0.3 is 0 Å². The van der Waals surface area contributed by atoms with Crippen LogP contribution in [-0.2, 0) is 9.59 Å². The molecule has 4 nitrogen and oxygen atoms in total. The molecule has 0 spiro atoms. The summed E-state index contributed by atoms with van der Waals surface area (Å²) in [4.78, 5) is 21.3. The van der Waals surface area contributed by atoms with Crippen molar-refractivity contribution in [1.29, 1.82) is 0 Å². The maximum absolute atomic E-state index is 10.7. The highest BCUT2D eigenvalue weighted by Gasteiger charge is 2.22. The summed E-state index contributed by atoms with van der Waals surface area (Å²) in [5, 5.41) is 4.47. The summed E-state index contributed by atoms with van der Waals surface area (Å²) in [6.45, 7) is 3.23. The molecule has 1 saturated heterocycles. The first-order valence-corrected chi connectivity index (χ1v) is 2.87. The molecule has 1 aliphatic heterocycles. The van der Waals surface area contributed by atoms with Crippen LogP contribution >= 0.6 is 12.2 Å². The first-order chi connectivity index (χ1) is 4.61. The molecule has 2 amide bonds. The monoisotopic (exact) mass is 156 g/mol. The molecular weight excluding hydrogens is 152 g/mol. The molecule has 0 aromatic rings. The van der Waals surface area contributed by atoms with Gasteiger partial charge in [-0.05, 0) is 12.2 Å². The average Bonchev–Trinajstić information content (AvgIpc) is 1.82. The topological polar surface area (TPSA) is 58.2 Å². The smallest absolute Gasteiger partial charge is 0.262 e. The molecule has 2 N–H and O–H groups in total. The zero-order chi connectivity index (χ0) is 7.72. The van der Waals surface area contributed by atoms with Crippen LogP contribution in [0.5, 0.6) is 0 Å². The van der Waals surface area contributed by atoms with E-state index in [0.717, 1.165) is 0 Å². The van der Waals surface area contributed by atoms with E-state index in [1.165, 1.54) is 0 Å². The summed E-state index contributed by atoms with van der Waals surface area (Å²) >= 11 is 4.51. The highest BCUT2D eigenvalue weighted by Crippen LogP contribution is 1.94. The lowest BCUT2D eigenvalue weighted by molar-refractivity contribution is -0.123. The summed E-state index contributed by atoms with van der Waals surface area (Å²) in [6.07, 6.45) is 0. The number of hydrogen-bond donors (Lipinski definition) is 2. The van der Waals surface area contributed by atoms with Crippen molar-refractivity contribution in [2.75, 3.05) is 0 Å². The summed E-state index contributed by atoms with van der Waals surface area (Å²) in [5.41, 5.74) is -0.117. The Labute approximate surface area is 62.3 Å². The molecular formula is C5H4N2O2S. The van der Waals surface area contributed by atoms with Crippen LogP contribution in [0.1, 0.15) is 0 Å². The van der Waals surface area contributed by atoms with Crippen molar-refractivity contribution in [1.82, 2.24) is 10.6 Å². The molecule has 0 aliphatic carbocycles. The summed E-state index contributed by atoms with van der Waals surface area (Å²) in [7, 11) is 0. The number of nitrogens with one attached hydrogen (secondary N) is 2. The number of carbonyl (C=O) groups is 2. The Morgan fingerprint density at radius 2 is 1.60 bits per heavy atom. The third-order valence-electron chi connectivity index (χ3n) is 1.00. The molecule has 1 heterocycles. The van der Waals surface area contributed by atoms with Gasteiger partial charge in [0.1, 0.15) is 0 Å². The molecule has 1 aliphatic rings. The second-order valence-corrected chi connectivity index (χ2v) is 2.12. The normalized spacial score (nSPS) is 18.4. The fourth-order valence-electron chi connectivity index (χ4n) is 0.491. The zero-order valence-corrected chi connectivity index (χ0v) is 5.75. The maximum Gasteiger partial charge on any atom is 0.262 e. The van der Waals surface area contributed by atoms with Crippen LogP contribution in [0.4, 0.5) is 0 Å². The van der Waals surface area contributed by atoms with Gasteiger partial charge in [-0.2, -0.15) is 0 Å². The number of amides is 2. The Balaban J connectivity index is 2.86. The highest BCUT2D eigenvalue weighted by molar-refractivity contribution is 7.80. The van der Waals surface area contributed by atoms with E-state index in [2.05, 4.69) is 29.4 Å². The minimum absolute atomic E-state index is 0.0300. The zero-order valence-electron chi connectivity index (χ0n) is 4.93. The first kappa shape index (κ1) is 6.88. The van der Waals surface area contributed by atoms with Crippen molar-refractivity contribution in [3.8, 4) is 0 Å². The predicted octanol–water partition coefficient (Wildman–Crippen LogP) is -0.927. The Morgan fingerprint density at radius 3 is 2.00 bits per heavy atom. The first-order valence-electron chi connectivity index (χ1n) is 2.47. The number of hydrogen-bond acceptors (Lipinski definition) is 3. The third kappa shape index (κ3) is 1.03. The van der Waals surface area contributed by atoms with Gasteiger partial charge >= 0.3 is 0 Å². The molecule has 0 radical (unpaired) electrons. The van der Waals surface area contributed by atoms with Crippen LogP contribution in [0.15, 0.2) is 12.2 Å². The Hall–Kier alpha value is -1.23. The third-order valence-corrected chi connectivity index (χ3v) is 1.21. The van der Waals surface area contributed by atoms with Gasteiger partial charge in [0.05, 0.1) is 5.57 Å². The van der Waals surface area contributed by atoms with Gasteiger partial charge in [0.15, 0.2) is 5.11 Å². The Morgan fingerprint density at radius 1 is 1.20 bits per heavy atom. The number of carbonyl (C=O) groups excluding carboxylic acids is 2. The van der Waals surface area contributed by atoms with E-state index in [9.17, 15) is 9.59 Å². The molecule has 1 fully saturated rings. The van der Waals surface area contributed by atoms with Gasteiger partial charge in [0.2, 0.25) is 0 Å². The number of rotatable bonds is 0. The minimum Gasteiger partial charge on any atom is -0.299 e. The molecule has 0 saturated carbocycles. The van der Waals surface area contributed by atoms with Gasteiger partial charge in [0.25, 0.3) is 11.8 Å². The molecule has 0 bridgehead atoms. The van der Waals surface area contributed by atoms with Crippen LogP contribution < -0.4 is 10.6 Å². The minimum atomic E-state index is -0.534. The van der Waals surface area contributed by atoms with Gasteiger partial charge in [0, 0.05) is 0 Å². The molecule has 10 heavy (non-hydrogen) atoms. The summed E-state index contributed by atoms with van der Waals surface area (Å²) < 4.78 is 0. The average molecular weight is 156 g/mol. The van der Waals surface area contributed by atoms with Crippen molar-refractivity contribution in [3.63, 3.8) is 0 Å². The predicted molar refractivity (Wildman–Crippen MR) is 38.0 cm³/mol. The molecule has 1 rings (SSSR count). The molecule has 0 atom stereocenters. The second-order valence-electron chi connectivity index (χ2n) is 1.72. The lowest BCUT2D eigenvalue weighted by atomic mass is 10.2. The number of thiocarbonyl (C=S) groups is 1. The second kappa shape index (κ2) is 2.18. The van der Waals surface area contributed by atoms with Crippen LogP contribution in [0.3, 0.4) is 0 Å². The van der Waals surface area contributed by atoms with E-state index in [1.807, 2.05) is 0 Å². The van der Waals surface area contributed by atoms with E-state index < -0.39 is 11.8 Å². The highest BCUT2D eigenvalue weighted by atomic mass is 32.1. The van der Waals surface area contributed by atoms with Gasteiger partial charge in [-0.1, -0.05) is 6.58 Å². The van der Waals surface area contributed by atoms with E-state index in [-0.39, 0.29) is 10.7 Å². The van der Waals surface area contributed by atoms with E-state index >= 15 is 0 Å². The largest absolute Gasteiger partial charge is 0.299 e. The van der Waals surface area contributed by atoms with Gasteiger partial charge in [-0.15, -0.1) is 0 Å². The van der Waals surface area contributed by atoms with Crippen molar-refractivity contribution >= 4 is 29.1 Å². The fraction of sp³-hybridized carbons (Fsp3) is 0.